The zero-order valence-electron chi connectivity index (χ0n) is 11.0. The van der Waals surface area contributed by atoms with Crippen molar-refractivity contribution in [2.75, 3.05) is 20.1 Å². The molecule has 0 aliphatic carbocycles. The topological polar surface area (TPSA) is 15.3 Å². The first-order valence-electron chi connectivity index (χ1n) is 6.77. The predicted octanol–water partition coefficient (Wildman–Crippen LogP) is 2.82. The number of rotatable bonds is 4. The lowest BCUT2D eigenvalue weighted by atomic mass is 10.0. The molecule has 1 aromatic carbocycles. The number of benzene rings is 1. The normalized spacial score (nSPS) is 23.5. The van der Waals surface area contributed by atoms with Crippen LogP contribution in [-0.4, -0.2) is 31.1 Å². The largest absolute Gasteiger partial charge is 0.312 e. The Morgan fingerprint density at radius 1 is 1.29 bits per heavy atom. The molecule has 2 rings (SSSR count). The summed E-state index contributed by atoms with van der Waals surface area (Å²) >= 11 is 0. The van der Waals surface area contributed by atoms with Crippen molar-refractivity contribution in [3.63, 3.8) is 0 Å². The molecule has 2 heteroatoms. The van der Waals surface area contributed by atoms with Crippen molar-refractivity contribution < 1.29 is 0 Å². The number of likely N-dealkylation sites (tertiary alicyclic amines) is 1. The molecule has 1 aliphatic rings. The number of likely N-dealkylation sites (N-methyl/N-ethyl adjacent to an activating group) is 1. The van der Waals surface area contributed by atoms with Gasteiger partial charge in [0.1, 0.15) is 0 Å². The third-order valence-electron chi connectivity index (χ3n) is 3.91. The summed E-state index contributed by atoms with van der Waals surface area (Å²) in [5, 5.41) is 3.44. The molecular weight excluding hydrogens is 208 g/mol. The van der Waals surface area contributed by atoms with Gasteiger partial charge in [-0.25, -0.2) is 0 Å². The Morgan fingerprint density at radius 3 is 2.71 bits per heavy atom. The van der Waals surface area contributed by atoms with Gasteiger partial charge in [0.2, 0.25) is 0 Å². The average molecular weight is 232 g/mol. The van der Waals surface area contributed by atoms with E-state index in [2.05, 4.69) is 54.5 Å². The second kappa shape index (κ2) is 6.18. The van der Waals surface area contributed by atoms with E-state index < -0.39 is 0 Å². The zero-order valence-corrected chi connectivity index (χ0v) is 11.0. The second-order valence-corrected chi connectivity index (χ2v) is 5.09. The first-order valence-corrected chi connectivity index (χ1v) is 6.77. The van der Waals surface area contributed by atoms with Gasteiger partial charge in [-0.05, 0) is 38.9 Å². The smallest absolute Gasteiger partial charge is 0.0446 e. The lowest BCUT2D eigenvalue weighted by Crippen LogP contribution is -2.42. The molecule has 0 saturated carbocycles. The molecule has 0 aromatic heterocycles. The maximum absolute atomic E-state index is 3.44. The molecular formula is C15H24N2. The van der Waals surface area contributed by atoms with Gasteiger partial charge in [-0.1, -0.05) is 36.8 Å². The fraction of sp³-hybridized carbons (Fsp3) is 0.600. The minimum Gasteiger partial charge on any atom is -0.312 e. The van der Waals surface area contributed by atoms with Gasteiger partial charge < -0.3 is 5.32 Å². The van der Waals surface area contributed by atoms with Crippen molar-refractivity contribution in [3.8, 4) is 0 Å². The van der Waals surface area contributed by atoms with Crippen LogP contribution in [0, 0.1) is 0 Å². The van der Waals surface area contributed by atoms with Crippen LogP contribution in [0.3, 0.4) is 0 Å². The van der Waals surface area contributed by atoms with Crippen LogP contribution in [0.1, 0.15) is 37.8 Å². The van der Waals surface area contributed by atoms with Crippen molar-refractivity contribution in [1.29, 1.82) is 0 Å². The highest BCUT2D eigenvalue weighted by molar-refractivity contribution is 5.19. The summed E-state index contributed by atoms with van der Waals surface area (Å²) in [5.74, 6) is 0. The summed E-state index contributed by atoms with van der Waals surface area (Å²) in [6.45, 7) is 4.74. The molecule has 2 atom stereocenters. The molecule has 1 heterocycles. The van der Waals surface area contributed by atoms with E-state index >= 15 is 0 Å². The van der Waals surface area contributed by atoms with Crippen LogP contribution in [0.2, 0.25) is 0 Å². The van der Waals surface area contributed by atoms with Crippen LogP contribution in [0.5, 0.6) is 0 Å². The predicted molar refractivity (Wildman–Crippen MR) is 73.1 cm³/mol. The van der Waals surface area contributed by atoms with Crippen LogP contribution < -0.4 is 5.32 Å². The molecule has 1 saturated heterocycles. The number of nitrogens with one attached hydrogen (secondary N) is 1. The highest BCUT2D eigenvalue weighted by atomic mass is 15.2. The third-order valence-corrected chi connectivity index (χ3v) is 3.91. The Bertz CT molecular complexity index is 323. The van der Waals surface area contributed by atoms with Crippen LogP contribution in [0.15, 0.2) is 30.3 Å². The molecule has 94 valence electrons. The first kappa shape index (κ1) is 12.6. The van der Waals surface area contributed by atoms with Gasteiger partial charge in [-0.2, -0.15) is 0 Å². The molecule has 0 bridgehead atoms. The van der Waals surface area contributed by atoms with E-state index in [-0.39, 0.29) is 0 Å². The van der Waals surface area contributed by atoms with E-state index in [1.807, 2.05) is 0 Å². The molecule has 1 aromatic rings. The van der Waals surface area contributed by atoms with Crippen molar-refractivity contribution in [1.82, 2.24) is 10.2 Å². The number of nitrogens with zero attached hydrogens (tertiary/aromatic N) is 1. The van der Waals surface area contributed by atoms with E-state index in [1.165, 1.54) is 31.4 Å². The SMILES string of the molecule is CNC(CN1CCCCC1C)c1ccccc1. The van der Waals surface area contributed by atoms with E-state index in [1.54, 1.807) is 0 Å². The second-order valence-electron chi connectivity index (χ2n) is 5.09. The minimum absolute atomic E-state index is 0.455. The quantitative estimate of drug-likeness (QED) is 0.858. The summed E-state index contributed by atoms with van der Waals surface area (Å²) in [5.41, 5.74) is 1.40. The minimum atomic E-state index is 0.455. The van der Waals surface area contributed by atoms with E-state index in [9.17, 15) is 0 Å². The van der Waals surface area contributed by atoms with Gasteiger partial charge in [-0.15, -0.1) is 0 Å². The lowest BCUT2D eigenvalue weighted by molar-refractivity contribution is 0.146. The Labute approximate surface area is 105 Å². The molecule has 1 aliphatic heterocycles. The van der Waals surface area contributed by atoms with Crippen molar-refractivity contribution >= 4 is 0 Å². The fourth-order valence-corrected chi connectivity index (χ4v) is 2.71. The Hall–Kier alpha value is -0.860. The van der Waals surface area contributed by atoms with Gasteiger partial charge in [0.25, 0.3) is 0 Å². The van der Waals surface area contributed by atoms with Gasteiger partial charge in [0.05, 0.1) is 0 Å². The Morgan fingerprint density at radius 2 is 2.06 bits per heavy atom. The summed E-state index contributed by atoms with van der Waals surface area (Å²) < 4.78 is 0. The highest BCUT2D eigenvalue weighted by Crippen LogP contribution is 2.20. The molecule has 17 heavy (non-hydrogen) atoms. The van der Waals surface area contributed by atoms with Gasteiger partial charge in [0.15, 0.2) is 0 Å². The Balaban J connectivity index is 1.99. The van der Waals surface area contributed by atoms with E-state index in [0.29, 0.717) is 6.04 Å². The van der Waals surface area contributed by atoms with Gasteiger partial charge in [-0.3, -0.25) is 4.90 Å². The number of hydrogen-bond acceptors (Lipinski definition) is 2. The van der Waals surface area contributed by atoms with E-state index in [4.69, 9.17) is 0 Å². The van der Waals surface area contributed by atoms with Crippen LogP contribution >= 0.6 is 0 Å². The van der Waals surface area contributed by atoms with Crippen LogP contribution in [0.25, 0.3) is 0 Å². The van der Waals surface area contributed by atoms with Crippen molar-refractivity contribution in [2.45, 2.75) is 38.3 Å². The summed E-state index contributed by atoms with van der Waals surface area (Å²) in [4.78, 5) is 2.62. The maximum atomic E-state index is 3.44. The molecule has 0 spiro atoms. The average Bonchev–Trinajstić information content (AvgIpc) is 2.39. The molecule has 1 N–H and O–H groups in total. The molecule has 2 unspecified atom stereocenters. The number of hydrogen-bond donors (Lipinski definition) is 1. The van der Waals surface area contributed by atoms with Crippen molar-refractivity contribution in [3.05, 3.63) is 35.9 Å². The summed E-state index contributed by atoms with van der Waals surface area (Å²) in [6.07, 6.45) is 4.11. The number of piperidine rings is 1. The van der Waals surface area contributed by atoms with Gasteiger partial charge in [0, 0.05) is 18.6 Å². The first-order chi connectivity index (χ1) is 8.31. The summed E-state index contributed by atoms with van der Waals surface area (Å²) in [7, 11) is 2.06. The third kappa shape index (κ3) is 3.30. The van der Waals surface area contributed by atoms with E-state index in [0.717, 1.165) is 12.6 Å². The van der Waals surface area contributed by atoms with Crippen LogP contribution in [0.4, 0.5) is 0 Å². The zero-order chi connectivity index (χ0) is 12.1. The summed E-state index contributed by atoms with van der Waals surface area (Å²) in [6, 6.07) is 12.0. The highest BCUT2D eigenvalue weighted by Gasteiger charge is 2.21. The fourth-order valence-electron chi connectivity index (χ4n) is 2.71. The maximum Gasteiger partial charge on any atom is 0.0446 e. The molecule has 2 nitrogen and oxygen atoms in total. The van der Waals surface area contributed by atoms with Gasteiger partial charge >= 0.3 is 0 Å². The van der Waals surface area contributed by atoms with Crippen molar-refractivity contribution in [2.24, 2.45) is 0 Å². The molecule has 0 radical (unpaired) electrons. The Kier molecular flexibility index (Phi) is 4.57. The monoisotopic (exact) mass is 232 g/mol. The van der Waals surface area contributed by atoms with Crippen LogP contribution in [-0.2, 0) is 0 Å². The molecule has 0 amide bonds. The molecule has 1 fully saturated rings. The standard InChI is InChI=1S/C15H24N2/c1-13-8-6-7-11-17(13)12-15(16-2)14-9-4-3-5-10-14/h3-5,9-10,13,15-16H,6-8,11-12H2,1-2H3. The lowest BCUT2D eigenvalue weighted by Gasteiger charge is -2.36.